The van der Waals surface area contributed by atoms with E-state index in [1.54, 1.807) is 0 Å². The minimum atomic E-state index is -1.01. The molecule has 1 aromatic rings. The number of nitro benzene ring substituents is 1. The lowest BCUT2D eigenvalue weighted by molar-refractivity contribution is -0.384. The molecule has 2 aliphatic heterocycles. The van der Waals surface area contributed by atoms with E-state index in [2.05, 4.69) is 17.7 Å². The highest BCUT2D eigenvalue weighted by molar-refractivity contribution is 6.08. The van der Waals surface area contributed by atoms with Gasteiger partial charge in [-0.3, -0.25) is 25.1 Å². The molecule has 2 N–H and O–H groups in total. The van der Waals surface area contributed by atoms with E-state index in [0.717, 1.165) is 31.7 Å². The van der Waals surface area contributed by atoms with Gasteiger partial charge in [-0.25, -0.2) is 9.59 Å². The smallest absolute Gasteiger partial charge is 0.344 e. The molecule has 3 fully saturated rings. The van der Waals surface area contributed by atoms with Crippen molar-refractivity contribution in [2.24, 2.45) is 5.92 Å². The Morgan fingerprint density at radius 3 is 2.56 bits per heavy atom. The fourth-order valence-electron chi connectivity index (χ4n) is 4.72. The number of carbonyl (C=O) groups is 4. The van der Waals surface area contributed by atoms with Crippen molar-refractivity contribution in [3.05, 3.63) is 33.9 Å². The second-order valence-corrected chi connectivity index (χ2v) is 9.10. The highest BCUT2D eigenvalue weighted by Gasteiger charge is 2.52. The summed E-state index contributed by atoms with van der Waals surface area (Å²) >= 11 is 0. The molecule has 12 heteroatoms. The lowest BCUT2D eigenvalue weighted by atomic mass is 9.77. The number of nitrogens with zero attached hydrogens (tertiary/aromatic N) is 3. The number of benzene rings is 1. The number of nitrogens with one attached hydrogen (secondary N) is 2. The Kier molecular flexibility index (Phi) is 6.40. The molecule has 0 radical (unpaired) electrons. The predicted molar refractivity (Wildman–Crippen MR) is 119 cm³/mol. The third-order valence-electron chi connectivity index (χ3n) is 6.72. The van der Waals surface area contributed by atoms with Crippen molar-refractivity contribution >= 4 is 35.2 Å². The minimum Gasteiger partial charge on any atom is -0.452 e. The first-order valence-electron chi connectivity index (χ1n) is 11.4. The zero-order chi connectivity index (χ0) is 24.5. The molecule has 0 bridgehead atoms. The average molecular weight is 473 g/mol. The molecule has 3 aliphatic rings. The Bertz CT molecular complexity index is 1030. The average Bonchev–Trinajstić information content (AvgIpc) is 3.43. The Labute approximate surface area is 195 Å². The molecule has 0 aromatic heterocycles. The number of anilines is 1. The molecule has 12 nitrogen and oxygen atoms in total. The van der Waals surface area contributed by atoms with Crippen LogP contribution in [0, 0.1) is 16.0 Å². The standard InChI is InChI=1S/C22H27N5O7/c1-14-6-8-22(9-7-14)20(30)26(21(31)23-22)24-18(28)13-34-19(29)16-12-15(27(32)33)4-5-17(16)25-10-2-3-11-25/h4-5,12,14H,2-3,6-11,13H2,1H3,(H,23,31)(H,24,28). The van der Waals surface area contributed by atoms with Crippen LogP contribution in [0.25, 0.3) is 0 Å². The number of urea groups is 1. The first-order chi connectivity index (χ1) is 16.2. The van der Waals surface area contributed by atoms with Crippen molar-refractivity contribution in [1.29, 1.82) is 0 Å². The molecule has 1 spiro atoms. The highest BCUT2D eigenvalue weighted by atomic mass is 16.6. The van der Waals surface area contributed by atoms with Gasteiger partial charge in [0.2, 0.25) is 0 Å². The summed E-state index contributed by atoms with van der Waals surface area (Å²) in [5.41, 5.74) is 1.40. The zero-order valence-corrected chi connectivity index (χ0v) is 18.9. The number of ether oxygens (including phenoxy) is 1. The Balaban J connectivity index is 1.40. The molecule has 2 saturated heterocycles. The van der Waals surface area contributed by atoms with Crippen LogP contribution in [0.5, 0.6) is 0 Å². The first kappa shape index (κ1) is 23.5. The second kappa shape index (κ2) is 9.27. The van der Waals surface area contributed by atoms with Crippen molar-refractivity contribution < 1.29 is 28.8 Å². The van der Waals surface area contributed by atoms with Crippen molar-refractivity contribution in [3.8, 4) is 0 Å². The molecule has 1 aliphatic carbocycles. The maximum Gasteiger partial charge on any atom is 0.344 e. The van der Waals surface area contributed by atoms with Gasteiger partial charge in [-0.1, -0.05) is 6.92 Å². The van der Waals surface area contributed by atoms with Crippen LogP contribution in [0.3, 0.4) is 0 Å². The van der Waals surface area contributed by atoms with Gasteiger partial charge in [-0.2, -0.15) is 5.01 Å². The normalized spacial score (nSPS) is 24.3. The first-order valence-corrected chi connectivity index (χ1v) is 11.4. The number of rotatable bonds is 6. The number of hydrazine groups is 1. The van der Waals surface area contributed by atoms with E-state index in [9.17, 15) is 29.3 Å². The number of imide groups is 1. The van der Waals surface area contributed by atoms with Crippen LogP contribution in [-0.4, -0.2) is 59.0 Å². The van der Waals surface area contributed by atoms with E-state index in [0.29, 0.717) is 42.5 Å². The molecular formula is C22H27N5O7. The summed E-state index contributed by atoms with van der Waals surface area (Å²) in [6, 6.07) is 3.21. The van der Waals surface area contributed by atoms with Crippen molar-refractivity contribution in [3.63, 3.8) is 0 Å². The molecular weight excluding hydrogens is 446 g/mol. The Morgan fingerprint density at radius 1 is 1.24 bits per heavy atom. The van der Waals surface area contributed by atoms with E-state index >= 15 is 0 Å². The fraction of sp³-hybridized carbons (Fsp3) is 0.545. The Hall–Kier alpha value is -3.70. The molecule has 1 aromatic carbocycles. The van der Waals surface area contributed by atoms with Gasteiger partial charge >= 0.3 is 12.0 Å². The number of hydrogen-bond acceptors (Lipinski definition) is 8. The van der Waals surface area contributed by atoms with E-state index in [4.69, 9.17) is 4.74 Å². The van der Waals surface area contributed by atoms with Crippen molar-refractivity contribution in [2.75, 3.05) is 24.6 Å². The zero-order valence-electron chi connectivity index (χ0n) is 18.9. The number of non-ortho nitro benzene ring substituents is 1. The van der Waals surface area contributed by atoms with Crippen LogP contribution in [0.2, 0.25) is 0 Å². The van der Waals surface area contributed by atoms with Gasteiger partial charge in [0.15, 0.2) is 6.61 Å². The summed E-state index contributed by atoms with van der Waals surface area (Å²) in [6.45, 7) is 2.72. The van der Waals surface area contributed by atoms with Crippen LogP contribution in [-0.2, 0) is 14.3 Å². The topological polar surface area (TPSA) is 151 Å². The molecule has 0 atom stereocenters. The minimum absolute atomic E-state index is 0.0193. The molecule has 34 heavy (non-hydrogen) atoms. The number of nitro groups is 1. The lowest BCUT2D eigenvalue weighted by Gasteiger charge is -2.33. The summed E-state index contributed by atoms with van der Waals surface area (Å²) in [5.74, 6) is -1.85. The van der Waals surface area contributed by atoms with Crippen LogP contribution >= 0.6 is 0 Å². The molecule has 4 amide bonds. The summed E-state index contributed by atoms with van der Waals surface area (Å²) in [6.07, 6.45) is 4.42. The van der Waals surface area contributed by atoms with Crippen LogP contribution in [0.15, 0.2) is 18.2 Å². The van der Waals surface area contributed by atoms with E-state index < -0.39 is 40.9 Å². The molecule has 182 valence electrons. The molecule has 1 saturated carbocycles. The molecule has 2 heterocycles. The van der Waals surface area contributed by atoms with Gasteiger partial charge in [-0.05, 0) is 50.5 Å². The van der Waals surface area contributed by atoms with Gasteiger partial charge in [0.25, 0.3) is 17.5 Å². The number of hydrogen-bond donors (Lipinski definition) is 2. The lowest BCUT2D eigenvalue weighted by Crippen LogP contribution is -2.52. The molecule has 4 rings (SSSR count). The fourth-order valence-corrected chi connectivity index (χ4v) is 4.72. The van der Waals surface area contributed by atoms with Gasteiger partial charge in [0, 0.05) is 25.2 Å². The van der Waals surface area contributed by atoms with Gasteiger partial charge in [0.1, 0.15) is 5.54 Å². The highest BCUT2D eigenvalue weighted by Crippen LogP contribution is 2.35. The second-order valence-electron chi connectivity index (χ2n) is 9.10. The monoisotopic (exact) mass is 473 g/mol. The quantitative estimate of drug-likeness (QED) is 0.275. The number of esters is 1. The maximum absolute atomic E-state index is 12.8. The van der Waals surface area contributed by atoms with Crippen molar-refractivity contribution in [1.82, 2.24) is 15.8 Å². The van der Waals surface area contributed by atoms with Crippen LogP contribution in [0.1, 0.15) is 55.8 Å². The molecule has 0 unspecified atom stereocenters. The number of amides is 4. The van der Waals surface area contributed by atoms with Gasteiger partial charge in [0.05, 0.1) is 16.2 Å². The van der Waals surface area contributed by atoms with Crippen LogP contribution in [0.4, 0.5) is 16.2 Å². The van der Waals surface area contributed by atoms with Crippen molar-refractivity contribution in [2.45, 2.75) is 51.0 Å². The maximum atomic E-state index is 12.8. The van der Waals surface area contributed by atoms with E-state index in [1.165, 1.54) is 12.1 Å². The third kappa shape index (κ3) is 4.52. The van der Waals surface area contributed by atoms with E-state index in [1.807, 2.05) is 4.90 Å². The van der Waals surface area contributed by atoms with Crippen LogP contribution < -0.4 is 15.6 Å². The largest absolute Gasteiger partial charge is 0.452 e. The van der Waals surface area contributed by atoms with Gasteiger partial charge in [-0.15, -0.1) is 0 Å². The Morgan fingerprint density at radius 2 is 1.91 bits per heavy atom. The summed E-state index contributed by atoms with van der Waals surface area (Å²) in [7, 11) is 0. The third-order valence-corrected chi connectivity index (χ3v) is 6.72. The SMILES string of the molecule is CC1CCC2(CC1)NC(=O)N(NC(=O)COC(=O)c1cc([N+](=O)[O-])ccc1N1CCCC1)C2=O. The van der Waals surface area contributed by atoms with E-state index in [-0.39, 0.29) is 11.3 Å². The summed E-state index contributed by atoms with van der Waals surface area (Å²) in [4.78, 5) is 62.8. The van der Waals surface area contributed by atoms with Gasteiger partial charge < -0.3 is 15.0 Å². The predicted octanol–water partition coefficient (Wildman–Crippen LogP) is 1.88. The summed E-state index contributed by atoms with van der Waals surface area (Å²) in [5, 5.41) is 14.5. The number of carbonyl (C=O) groups excluding carboxylic acids is 4. The summed E-state index contributed by atoms with van der Waals surface area (Å²) < 4.78 is 5.09.